The maximum Gasteiger partial charge on any atom is 0.246 e. The van der Waals surface area contributed by atoms with Crippen LogP contribution in [0, 0.1) is 0 Å². The Kier molecular flexibility index (Phi) is 5.38. The Labute approximate surface area is 135 Å². The van der Waals surface area contributed by atoms with Crippen molar-refractivity contribution in [3.05, 3.63) is 22.7 Å². The van der Waals surface area contributed by atoms with Crippen LogP contribution in [0.2, 0.25) is 5.02 Å². The van der Waals surface area contributed by atoms with Gasteiger partial charge in [0.25, 0.3) is 0 Å². The number of rotatable bonds is 4. The van der Waals surface area contributed by atoms with Gasteiger partial charge in [0.05, 0.1) is 13.0 Å². The Morgan fingerprint density at radius 3 is 2.38 bits per heavy atom. The van der Waals surface area contributed by atoms with Crippen LogP contribution in [0.5, 0.6) is 5.75 Å². The molecule has 21 heavy (non-hydrogen) atoms. The quantitative estimate of drug-likeness (QED) is 0.778. The van der Waals surface area contributed by atoms with E-state index >= 15 is 0 Å². The second-order valence-electron chi connectivity index (χ2n) is 4.94. The molecule has 0 aromatic heterocycles. The number of halogens is 2. The van der Waals surface area contributed by atoms with E-state index < -0.39 is 10.0 Å². The van der Waals surface area contributed by atoms with Crippen LogP contribution in [0.25, 0.3) is 0 Å². The third-order valence-corrected chi connectivity index (χ3v) is 5.93. The van der Waals surface area contributed by atoms with Gasteiger partial charge in [-0.05, 0) is 19.2 Å². The van der Waals surface area contributed by atoms with E-state index in [1.54, 1.807) is 6.07 Å². The molecule has 1 aliphatic rings. The molecule has 5 nitrogen and oxygen atoms in total. The predicted octanol–water partition coefficient (Wildman–Crippen LogP) is 2.02. The second-order valence-corrected chi connectivity index (χ2v) is 7.55. The van der Waals surface area contributed by atoms with Crippen molar-refractivity contribution in [1.29, 1.82) is 0 Å². The number of hydrogen-bond donors (Lipinski definition) is 0. The van der Waals surface area contributed by atoms with Gasteiger partial charge < -0.3 is 9.64 Å². The fourth-order valence-electron chi connectivity index (χ4n) is 2.31. The van der Waals surface area contributed by atoms with Crippen molar-refractivity contribution in [3.63, 3.8) is 0 Å². The molecule has 0 spiro atoms. The molecule has 0 N–H and O–H groups in total. The van der Waals surface area contributed by atoms with Crippen molar-refractivity contribution in [2.24, 2.45) is 0 Å². The third kappa shape index (κ3) is 3.46. The van der Waals surface area contributed by atoms with Crippen molar-refractivity contribution in [3.8, 4) is 5.75 Å². The summed E-state index contributed by atoms with van der Waals surface area (Å²) in [5.41, 5.74) is 0.569. The number of piperazine rings is 1. The highest BCUT2D eigenvalue weighted by Crippen LogP contribution is 2.34. The molecule has 0 aliphatic carbocycles. The van der Waals surface area contributed by atoms with E-state index in [0.29, 0.717) is 36.8 Å². The van der Waals surface area contributed by atoms with Crippen molar-refractivity contribution >= 4 is 33.2 Å². The summed E-state index contributed by atoms with van der Waals surface area (Å²) in [6.07, 6.45) is 0. The largest absolute Gasteiger partial charge is 0.495 e. The summed E-state index contributed by atoms with van der Waals surface area (Å²) >= 11 is 11.9. The number of benzene rings is 1. The molecule has 1 saturated heterocycles. The Balaban J connectivity index is 2.46. The summed E-state index contributed by atoms with van der Waals surface area (Å²) in [4.78, 5) is 2.17. The van der Waals surface area contributed by atoms with Crippen molar-refractivity contribution in [2.45, 2.75) is 10.8 Å². The lowest BCUT2D eigenvalue weighted by Crippen LogP contribution is -2.47. The van der Waals surface area contributed by atoms with Crippen LogP contribution in [0.15, 0.2) is 17.0 Å². The summed E-state index contributed by atoms with van der Waals surface area (Å²) in [5, 5.41) is 0.333. The van der Waals surface area contributed by atoms with Gasteiger partial charge in [-0.3, -0.25) is 0 Å². The molecular weight excluding hydrogens is 335 g/mol. The molecule has 118 valence electrons. The molecule has 1 aromatic rings. The van der Waals surface area contributed by atoms with Crippen molar-refractivity contribution in [1.82, 2.24) is 9.21 Å². The molecule has 0 amide bonds. The van der Waals surface area contributed by atoms with Crippen molar-refractivity contribution in [2.75, 3.05) is 40.3 Å². The Bertz CT molecular complexity index is 614. The van der Waals surface area contributed by atoms with Gasteiger partial charge in [-0.25, -0.2) is 8.42 Å². The standard InChI is InChI=1S/C13H18Cl2N2O3S/c1-16-3-5-17(6-4-16)21(18,19)12-8-11(15)7-10(9-14)13(12)20-2/h7-8H,3-6,9H2,1-2H3. The number of hydrogen-bond acceptors (Lipinski definition) is 4. The van der Waals surface area contributed by atoms with E-state index in [9.17, 15) is 8.42 Å². The van der Waals surface area contributed by atoms with Crippen LogP contribution in [0.1, 0.15) is 5.56 Å². The first-order valence-electron chi connectivity index (χ1n) is 6.51. The van der Waals surface area contributed by atoms with Gasteiger partial charge in [0.1, 0.15) is 10.6 Å². The molecule has 0 bridgehead atoms. The molecular formula is C13H18Cl2N2O3S. The van der Waals surface area contributed by atoms with Crippen LogP contribution in [0.3, 0.4) is 0 Å². The molecule has 0 radical (unpaired) electrons. The number of nitrogens with zero attached hydrogens (tertiary/aromatic N) is 2. The Morgan fingerprint density at radius 1 is 1.24 bits per heavy atom. The maximum atomic E-state index is 12.8. The molecule has 1 aromatic carbocycles. The van der Waals surface area contributed by atoms with Gasteiger partial charge in [0.15, 0.2) is 0 Å². The first-order valence-corrected chi connectivity index (χ1v) is 8.86. The number of likely N-dealkylation sites (N-methyl/N-ethyl adjacent to an activating group) is 1. The molecule has 0 unspecified atom stereocenters. The van der Waals surface area contributed by atoms with Crippen LogP contribution >= 0.6 is 23.2 Å². The van der Waals surface area contributed by atoms with Crippen LogP contribution in [-0.4, -0.2) is 58.0 Å². The van der Waals surface area contributed by atoms with Gasteiger partial charge in [-0.1, -0.05) is 11.6 Å². The zero-order valence-electron chi connectivity index (χ0n) is 12.0. The minimum absolute atomic E-state index is 0.0812. The van der Waals surface area contributed by atoms with Crippen molar-refractivity contribution < 1.29 is 13.2 Å². The molecule has 1 heterocycles. The normalized spacial score (nSPS) is 17.9. The molecule has 1 aliphatic heterocycles. The summed E-state index contributed by atoms with van der Waals surface area (Å²) in [6.45, 7) is 2.30. The fourth-order valence-corrected chi connectivity index (χ4v) is 4.46. The minimum atomic E-state index is -3.64. The van der Waals surface area contributed by atoms with E-state index in [-0.39, 0.29) is 16.5 Å². The van der Waals surface area contributed by atoms with Crippen LogP contribution < -0.4 is 4.74 Å². The number of sulfonamides is 1. The first kappa shape index (κ1) is 16.8. The van der Waals surface area contributed by atoms with Crippen LogP contribution in [-0.2, 0) is 15.9 Å². The van der Waals surface area contributed by atoms with Gasteiger partial charge >= 0.3 is 0 Å². The second kappa shape index (κ2) is 6.71. The zero-order valence-corrected chi connectivity index (χ0v) is 14.3. The molecule has 0 saturated carbocycles. The SMILES string of the molecule is COc1c(CCl)cc(Cl)cc1S(=O)(=O)N1CCN(C)CC1. The van der Waals surface area contributed by atoms with E-state index in [1.807, 2.05) is 7.05 Å². The number of methoxy groups -OCH3 is 1. The lowest BCUT2D eigenvalue weighted by atomic mass is 10.2. The lowest BCUT2D eigenvalue weighted by molar-refractivity contribution is 0.222. The zero-order chi connectivity index (χ0) is 15.6. The summed E-state index contributed by atoms with van der Waals surface area (Å²) in [7, 11) is -0.244. The highest BCUT2D eigenvalue weighted by molar-refractivity contribution is 7.89. The highest BCUT2D eigenvalue weighted by atomic mass is 35.5. The van der Waals surface area contributed by atoms with Gasteiger partial charge in [0, 0.05) is 36.8 Å². The monoisotopic (exact) mass is 352 g/mol. The number of ether oxygens (including phenoxy) is 1. The predicted molar refractivity (Wildman–Crippen MR) is 83.8 cm³/mol. The smallest absolute Gasteiger partial charge is 0.246 e. The minimum Gasteiger partial charge on any atom is -0.495 e. The average molecular weight is 353 g/mol. The average Bonchev–Trinajstić information content (AvgIpc) is 2.46. The Hall–Kier alpha value is -0.530. The molecule has 0 atom stereocenters. The lowest BCUT2D eigenvalue weighted by Gasteiger charge is -2.32. The highest BCUT2D eigenvalue weighted by Gasteiger charge is 2.31. The third-order valence-electron chi connectivity index (χ3n) is 3.52. The van der Waals surface area contributed by atoms with E-state index in [0.717, 1.165) is 0 Å². The fraction of sp³-hybridized carbons (Fsp3) is 0.538. The summed E-state index contributed by atoms with van der Waals surface area (Å²) in [6, 6.07) is 3.04. The van der Waals surface area contributed by atoms with Gasteiger partial charge in [-0.15, -0.1) is 11.6 Å². The number of alkyl halides is 1. The molecule has 2 rings (SSSR count). The summed E-state index contributed by atoms with van der Waals surface area (Å²) < 4.78 is 32.4. The Morgan fingerprint density at radius 2 is 1.86 bits per heavy atom. The van der Waals surface area contributed by atoms with E-state index in [4.69, 9.17) is 27.9 Å². The van der Waals surface area contributed by atoms with Gasteiger partial charge in [0.2, 0.25) is 10.0 Å². The summed E-state index contributed by atoms with van der Waals surface area (Å²) in [5.74, 6) is 0.406. The van der Waals surface area contributed by atoms with Gasteiger partial charge in [-0.2, -0.15) is 4.31 Å². The van der Waals surface area contributed by atoms with E-state index in [1.165, 1.54) is 17.5 Å². The maximum absolute atomic E-state index is 12.8. The first-order chi connectivity index (χ1) is 9.90. The van der Waals surface area contributed by atoms with Crippen LogP contribution in [0.4, 0.5) is 0 Å². The molecule has 8 heteroatoms. The molecule has 1 fully saturated rings. The van der Waals surface area contributed by atoms with E-state index in [2.05, 4.69) is 4.90 Å². The topological polar surface area (TPSA) is 49.9 Å².